The highest BCUT2D eigenvalue weighted by Crippen LogP contribution is 2.15. The van der Waals surface area contributed by atoms with Crippen LogP contribution in [0.15, 0.2) is 77.9 Å². The monoisotopic (exact) mass is 437 g/mol. The molecule has 32 heavy (non-hydrogen) atoms. The van der Waals surface area contributed by atoms with Crippen molar-refractivity contribution in [2.45, 2.75) is 0 Å². The highest BCUT2D eigenvalue weighted by molar-refractivity contribution is 5.96. The lowest BCUT2D eigenvalue weighted by Gasteiger charge is -2.05. The molecule has 0 aliphatic heterocycles. The van der Waals surface area contributed by atoms with Gasteiger partial charge in [-0.2, -0.15) is 5.10 Å². The van der Waals surface area contributed by atoms with E-state index >= 15 is 0 Å². The number of ether oxygens (including phenoxy) is 1. The normalized spacial score (nSPS) is 10.6. The summed E-state index contributed by atoms with van der Waals surface area (Å²) in [5.74, 6) is -2.84. The fraction of sp³-hybridized carbons (Fsp3) is 0.0435. The second-order valence-electron chi connectivity index (χ2n) is 6.42. The highest BCUT2D eigenvalue weighted by atomic mass is 19.1. The van der Waals surface area contributed by atoms with E-state index in [1.165, 1.54) is 54.7 Å². The molecule has 0 bridgehead atoms. The highest BCUT2D eigenvalue weighted by Gasteiger charge is 2.13. The molecule has 9 heteroatoms. The predicted molar refractivity (Wildman–Crippen MR) is 112 cm³/mol. The van der Waals surface area contributed by atoms with Crippen molar-refractivity contribution >= 4 is 24.0 Å². The molecular weight excluding hydrogens is 420 g/mol. The Morgan fingerprint density at radius 2 is 1.59 bits per heavy atom. The number of benzene rings is 3. The number of nitrogens with one attached hydrogen (secondary N) is 2. The van der Waals surface area contributed by atoms with Gasteiger partial charge in [0, 0.05) is 5.56 Å². The molecule has 3 rings (SSSR count). The van der Waals surface area contributed by atoms with Gasteiger partial charge >= 0.3 is 5.97 Å². The molecule has 0 radical (unpaired) electrons. The van der Waals surface area contributed by atoms with Gasteiger partial charge in [-0.25, -0.2) is 19.0 Å². The van der Waals surface area contributed by atoms with E-state index in [2.05, 4.69) is 15.8 Å². The van der Waals surface area contributed by atoms with Crippen molar-refractivity contribution in [3.8, 4) is 5.75 Å². The number of carbonyl (C=O) groups excluding carboxylic acids is 3. The Morgan fingerprint density at radius 1 is 0.906 bits per heavy atom. The van der Waals surface area contributed by atoms with Gasteiger partial charge in [-0.3, -0.25) is 9.59 Å². The van der Waals surface area contributed by atoms with Crippen LogP contribution < -0.4 is 15.5 Å². The van der Waals surface area contributed by atoms with Gasteiger partial charge < -0.3 is 10.1 Å². The maximum absolute atomic E-state index is 13.6. The van der Waals surface area contributed by atoms with Gasteiger partial charge in [-0.05, 0) is 66.2 Å². The molecule has 0 saturated heterocycles. The first-order valence-corrected chi connectivity index (χ1v) is 9.35. The van der Waals surface area contributed by atoms with Gasteiger partial charge in [0.05, 0.1) is 18.3 Å². The largest absolute Gasteiger partial charge is 0.423 e. The average molecular weight is 437 g/mol. The first-order chi connectivity index (χ1) is 15.4. The van der Waals surface area contributed by atoms with E-state index in [9.17, 15) is 23.2 Å². The molecule has 0 aromatic heterocycles. The Balaban J connectivity index is 1.45. The van der Waals surface area contributed by atoms with Crippen LogP contribution in [0.3, 0.4) is 0 Å². The summed E-state index contributed by atoms with van der Waals surface area (Å²) >= 11 is 0. The zero-order valence-corrected chi connectivity index (χ0v) is 16.5. The summed E-state index contributed by atoms with van der Waals surface area (Å²) in [6.07, 6.45) is 1.35. The zero-order valence-electron chi connectivity index (χ0n) is 16.5. The third kappa shape index (κ3) is 6.30. The minimum atomic E-state index is -0.820. The topological polar surface area (TPSA) is 96.9 Å². The molecule has 3 aromatic carbocycles. The summed E-state index contributed by atoms with van der Waals surface area (Å²) in [6, 6.07) is 16.5. The van der Waals surface area contributed by atoms with Crippen LogP contribution in [0.5, 0.6) is 5.75 Å². The third-order valence-corrected chi connectivity index (χ3v) is 4.10. The van der Waals surface area contributed by atoms with Crippen LogP contribution >= 0.6 is 0 Å². The predicted octanol–water partition coefficient (Wildman–Crippen LogP) is 3.06. The van der Waals surface area contributed by atoms with E-state index in [1.807, 2.05) is 0 Å². The quantitative estimate of drug-likeness (QED) is 0.257. The summed E-state index contributed by atoms with van der Waals surface area (Å²) in [7, 11) is 0. The fourth-order valence-corrected chi connectivity index (χ4v) is 2.49. The molecule has 3 aromatic rings. The average Bonchev–Trinajstić information content (AvgIpc) is 2.79. The van der Waals surface area contributed by atoms with E-state index in [0.29, 0.717) is 5.56 Å². The molecule has 0 spiro atoms. The lowest BCUT2D eigenvalue weighted by molar-refractivity contribution is -0.120. The number of rotatable bonds is 7. The van der Waals surface area contributed by atoms with Gasteiger partial charge in [0.1, 0.15) is 17.4 Å². The van der Waals surface area contributed by atoms with Gasteiger partial charge in [0.25, 0.3) is 11.8 Å². The molecule has 0 atom stereocenters. The lowest BCUT2D eigenvalue weighted by atomic mass is 10.2. The molecule has 0 heterocycles. The molecule has 0 aliphatic carbocycles. The molecule has 0 fully saturated rings. The molecule has 162 valence electrons. The Kier molecular flexibility index (Phi) is 7.37. The van der Waals surface area contributed by atoms with Crippen LogP contribution in [0.4, 0.5) is 8.78 Å². The number of halogens is 2. The van der Waals surface area contributed by atoms with E-state index in [1.54, 1.807) is 12.1 Å². The Labute approximate surface area is 181 Å². The number of hydrogen-bond acceptors (Lipinski definition) is 5. The Hall–Kier alpha value is -4.40. The van der Waals surface area contributed by atoms with Crippen LogP contribution in [-0.2, 0) is 4.79 Å². The second-order valence-corrected chi connectivity index (χ2v) is 6.42. The van der Waals surface area contributed by atoms with Gasteiger partial charge in [-0.15, -0.1) is 0 Å². The molecule has 0 saturated carbocycles. The van der Waals surface area contributed by atoms with Crippen molar-refractivity contribution < 1.29 is 27.9 Å². The van der Waals surface area contributed by atoms with Crippen LogP contribution in [0.25, 0.3) is 0 Å². The first-order valence-electron chi connectivity index (χ1n) is 9.35. The fourth-order valence-electron chi connectivity index (χ4n) is 2.49. The van der Waals surface area contributed by atoms with Crippen molar-refractivity contribution in [3.63, 3.8) is 0 Å². The summed E-state index contributed by atoms with van der Waals surface area (Å²) in [5, 5.41) is 6.16. The second kappa shape index (κ2) is 10.6. The van der Waals surface area contributed by atoms with Gasteiger partial charge in [-0.1, -0.05) is 12.1 Å². The SMILES string of the molecule is O=C(CNC(=O)c1ccc(F)cc1)N/N=C/c1ccc(OC(=O)c2ccccc2F)cc1. The van der Waals surface area contributed by atoms with Crippen molar-refractivity contribution in [1.29, 1.82) is 0 Å². The van der Waals surface area contributed by atoms with Gasteiger partial charge in [0.2, 0.25) is 0 Å². The number of amides is 2. The molecule has 0 aliphatic rings. The maximum atomic E-state index is 13.6. The number of hydrazone groups is 1. The molecule has 2 N–H and O–H groups in total. The zero-order chi connectivity index (χ0) is 22.9. The smallest absolute Gasteiger partial charge is 0.346 e. The Morgan fingerprint density at radius 3 is 2.28 bits per heavy atom. The molecule has 0 unspecified atom stereocenters. The summed E-state index contributed by atoms with van der Waals surface area (Å²) in [4.78, 5) is 35.6. The molecular formula is C23H17F2N3O4. The number of hydrogen-bond donors (Lipinski definition) is 2. The van der Waals surface area contributed by atoms with E-state index in [-0.39, 0.29) is 23.4 Å². The molecule has 2 amide bonds. The van der Waals surface area contributed by atoms with Crippen LogP contribution in [0, 0.1) is 11.6 Å². The lowest BCUT2D eigenvalue weighted by Crippen LogP contribution is -2.34. The van der Waals surface area contributed by atoms with Crippen LogP contribution in [-0.4, -0.2) is 30.5 Å². The first kappa shape index (κ1) is 22.3. The minimum Gasteiger partial charge on any atom is -0.423 e. The maximum Gasteiger partial charge on any atom is 0.346 e. The van der Waals surface area contributed by atoms with Crippen molar-refractivity contribution in [2.75, 3.05) is 6.54 Å². The standard InChI is InChI=1S/C23H17F2N3O4/c24-17-9-7-16(8-10-17)22(30)26-14-21(29)28-27-13-15-5-11-18(12-6-15)32-23(31)19-3-1-2-4-20(19)25/h1-13H,14H2,(H,26,30)(H,28,29)/b27-13+. The van der Waals surface area contributed by atoms with Crippen molar-refractivity contribution in [1.82, 2.24) is 10.7 Å². The third-order valence-electron chi connectivity index (χ3n) is 4.10. The van der Waals surface area contributed by atoms with E-state index in [4.69, 9.17) is 4.74 Å². The van der Waals surface area contributed by atoms with Gasteiger partial charge in [0.15, 0.2) is 0 Å². The van der Waals surface area contributed by atoms with Crippen LogP contribution in [0.1, 0.15) is 26.3 Å². The molecule has 7 nitrogen and oxygen atoms in total. The van der Waals surface area contributed by atoms with E-state index in [0.717, 1.165) is 12.1 Å². The van der Waals surface area contributed by atoms with Crippen molar-refractivity contribution in [3.05, 3.63) is 101 Å². The summed E-state index contributed by atoms with van der Waals surface area (Å²) < 4.78 is 31.6. The van der Waals surface area contributed by atoms with Crippen LogP contribution in [0.2, 0.25) is 0 Å². The number of carbonyl (C=O) groups is 3. The number of esters is 1. The summed E-state index contributed by atoms with van der Waals surface area (Å²) in [6.45, 7) is -0.321. The number of nitrogens with zero attached hydrogens (tertiary/aromatic N) is 1. The van der Waals surface area contributed by atoms with E-state index < -0.39 is 29.4 Å². The minimum absolute atomic E-state index is 0.174. The van der Waals surface area contributed by atoms with Crippen molar-refractivity contribution in [2.24, 2.45) is 5.10 Å². The summed E-state index contributed by atoms with van der Waals surface area (Å²) in [5.41, 5.74) is 2.89. The Bertz CT molecular complexity index is 1150.